The average molecular weight is 236 g/mol. The van der Waals surface area contributed by atoms with Gasteiger partial charge >= 0.3 is 0 Å². The van der Waals surface area contributed by atoms with E-state index >= 15 is 0 Å². The van der Waals surface area contributed by atoms with Gasteiger partial charge in [0.1, 0.15) is 0 Å². The molecule has 0 aliphatic carbocycles. The van der Waals surface area contributed by atoms with Crippen LogP contribution in [-0.2, 0) is 6.54 Å². The summed E-state index contributed by atoms with van der Waals surface area (Å²) >= 11 is 0. The Kier molecular flexibility index (Phi) is 5.35. The molecule has 0 saturated carbocycles. The summed E-state index contributed by atoms with van der Waals surface area (Å²) in [5.41, 5.74) is 6.51. The van der Waals surface area contributed by atoms with Crippen LogP contribution in [0.25, 0.3) is 0 Å². The summed E-state index contributed by atoms with van der Waals surface area (Å²) in [6.07, 6.45) is 1.79. The van der Waals surface area contributed by atoms with E-state index in [0.717, 1.165) is 24.7 Å². The Bertz CT molecular complexity index is 326. The van der Waals surface area contributed by atoms with Crippen LogP contribution in [-0.4, -0.2) is 23.1 Å². The smallest absolute Gasteiger partial charge is 0.225 e. The normalized spacial score (nSPS) is 11.2. The maximum Gasteiger partial charge on any atom is 0.225 e. The van der Waals surface area contributed by atoms with Gasteiger partial charge in [0.25, 0.3) is 0 Å². The highest BCUT2D eigenvalue weighted by Crippen LogP contribution is 2.12. The predicted molar refractivity (Wildman–Crippen MR) is 71.8 cm³/mol. The molecule has 2 N–H and O–H groups in total. The van der Waals surface area contributed by atoms with E-state index in [1.54, 1.807) is 6.20 Å². The number of aromatic nitrogens is 2. The minimum absolute atomic E-state index is 0.465. The molecule has 1 aromatic rings. The molecule has 0 bridgehead atoms. The molecular weight excluding hydrogens is 212 g/mol. The molecule has 0 aliphatic rings. The van der Waals surface area contributed by atoms with Gasteiger partial charge in [-0.3, -0.25) is 0 Å². The summed E-state index contributed by atoms with van der Waals surface area (Å²) in [6.45, 7) is 11.3. The van der Waals surface area contributed by atoms with E-state index in [2.05, 4.69) is 42.6 Å². The zero-order valence-corrected chi connectivity index (χ0v) is 11.3. The average Bonchev–Trinajstić information content (AvgIpc) is 2.27. The predicted octanol–water partition coefficient (Wildman–Crippen LogP) is 2.05. The van der Waals surface area contributed by atoms with Crippen molar-refractivity contribution in [3.05, 3.63) is 18.0 Å². The molecule has 0 atom stereocenters. The van der Waals surface area contributed by atoms with Gasteiger partial charge in [0.15, 0.2) is 0 Å². The van der Waals surface area contributed by atoms with Crippen molar-refractivity contribution in [3.8, 4) is 0 Å². The van der Waals surface area contributed by atoms with Crippen molar-refractivity contribution in [2.75, 3.05) is 18.0 Å². The van der Waals surface area contributed by atoms with Crippen LogP contribution in [0.4, 0.5) is 5.95 Å². The molecule has 1 rings (SSSR count). The lowest BCUT2D eigenvalue weighted by Crippen LogP contribution is -2.33. The third-order valence-corrected chi connectivity index (χ3v) is 2.36. The molecule has 4 nitrogen and oxygen atoms in total. The summed E-state index contributed by atoms with van der Waals surface area (Å²) < 4.78 is 0. The number of hydrogen-bond acceptors (Lipinski definition) is 4. The summed E-state index contributed by atoms with van der Waals surface area (Å²) in [5, 5.41) is 0. The second-order valence-corrected chi connectivity index (χ2v) is 5.24. The van der Waals surface area contributed by atoms with Crippen LogP contribution in [0.15, 0.2) is 12.3 Å². The van der Waals surface area contributed by atoms with Crippen LogP contribution in [0, 0.1) is 11.8 Å². The van der Waals surface area contributed by atoms with Crippen molar-refractivity contribution >= 4 is 5.95 Å². The number of anilines is 1. The van der Waals surface area contributed by atoms with Crippen molar-refractivity contribution in [2.45, 2.75) is 34.2 Å². The summed E-state index contributed by atoms with van der Waals surface area (Å²) in [5.74, 6) is 1.99. The molecule has 1 heterocycles. The Morgan fingerprint density at radius 3 is 2.24 bits per heavy atom. The first-order valence-corrected chi connectivity index (χ1v) is 6.29. The number of hydrogen-bond donors (Lipinski definition) is 1. The molecule has 0 aliphatic heterocycles. The maximum atomic E-state index is 5.61. The first kappa shape index (κ1) is 13.9. The molecule has 4 heteroatoms. The van der Waals surface area contributed by atoms with Crippen molar-refractivity contribution in [1.82, 2.24) is 9.97 Å². The van der Waals surface area contributed by atoms with Crippen LogP contribution >= 0.6 is 0 Å². The highest BCUT2D eigenvalue weighted by atomic mass is 15.2. The molecule has 0 amide bonds. The second-order valence-electron chi connectivity index (χ2n) is 5.24. The third-order valence-electron chi connectivity index (χ3n) is 2.36. The van der Waals surface area contributed by atoms with E-state index in [0.29, 0.717) is 18.4 Å². The molecule has 0 saturated heterocycles. The SMILES string of the molecule is CC(C)CN(CC(C)C)c1nccc(CN)n1. The van der Waals surface area contributed by atoms with E-state index < -0.39 is 0 Å². The molecule has 1 aromatic heterocycles. The fourth-order valence-electron chi connectivity index (χ4n) is 1.77. The zero-order valence-electron chi connectivity index (χ0n) is 11.3. The highest BCUT2D eigenvalue weighted by molar-refractivity contribution is 5.30. The lowest BCUT2D eigenvalue weighted by atomic mass is 10.1. The quantitative estimate of drug-likeness (QED) is 0.821. The Morgan fingerprint density at radius 1 is 1.18 bits per heavy atom. The lowest BCUT2D eigenvalue weighted by Gasteiger charge is -2.26. The minimum Gasteiger partial charge on any atom is -0.340 e. The van der Waals surface area contributed by atoms with Crippen molar-refractivity contribution in [1.29, 1.82) is 0 Å². The number of nitrogens with two attached hydrogens (primary N) is 1. The second kappa shape index (κ2) is 6.55. The number of rotatable bonds is 6. The zero-order chi connectivity index (χ0) is 12.8. The van der Waals surface area contributed by atoms with Gasteiger partial charge in [0.05, 0.1) is 5.69 Å². The van der Waals surface area contributed by atoms with Crippen molar-refractivity contribution < 1.29 is 0 Å². The van der Waals surface area contributed by atoms with E-state index in [9.17, 15) is 0 Å². The third kappa shape index (κ3) is 4.69. The fourth-order valence-corrected chi connectivity index (χ4v) is 1.77. The van der Waals surface area contributed by atoms with Gasteiger partial charge in [-0.25, -0.2) is 9.97 Å². The van der Waals surface area contributed by atoms with Crippen LogP contribution in [0.1, 0.15) is 33.4 Å². The van der Waals surface area contributed by atoms with Crippen LogP contribution in [0.2, 0.25) is 0 Å². The molecular formula is C13H24N4. The Labute approximate surface area is 104 Å². The van der Waals surface area contributed by atoms with E-state index in [-0.39, 0.29) is 0 Å². The lowest BCUT2D eigenvalue weighted by molar-refractivity contribution is 0.543. The van der Waals surface area contributed by atoms with Gasteiger partial charge in [-0.05, 0) is 17.9 Å². The van der Waals surface area contributed by atoms with Gasteiger partial charge in [-0.2, -0.15) is 0 Å². The van der Waals surface area contributed by atoms with E-state index in [4.69, 9.17) is 5.73 Å². The van der Waals surface area contributed by atoms with Gasteiger partial charge in [-0.15, -0.1) is 0 Å². The van der Waals surface area contributed by atoms with Crippen molar-refractivity contribution in [3.63, 3.8) is 0 Å². The first-order chi connectivity index (χ1) is 8.02. The summed E-state index contributed by atoms with van der Waals surface area (Å²) in [6, 6.07) is 1.87. The van der Waals surface area contributed by atoms with Crippen molar-refractivity contribution in [2.24, 2.45) is 17.6 Å². The van der Waals surface area contributed by atoms with Crippen LogP contribution in [0.5, 0.6) is 0 Å². The minimum atomic E-state index is 0.465. The van der Waals surface area contributed by atoms with Gasteiger partial charge in [0, 0.05) is 25.8 Å². The Balaban J connectivity index is 2.86. The Hall–Kier alpha value is -1.16. The Morgan fingerprint density at radius 2 is 1.76 bits per heavy atom. The summed E-state index contributed by atoms with van der Waals surface area (Å²) in [7, 11) is 0. The maximum absolute atomic E-state index is 5.61. The monoisotopic (exact) mass is 236 g/mol. The highest BCUT2D eigenvalue weighted by Gasteiger charge is 2.13. The van der Waals surface area contributed by atoms with Crippen LogP contribution < -0.4 is 10.6 Å². The summed E-state index contributed by atoms with van der Waals surface area (Å²) in [4.78, 5) is 11.1. The molecule has 0 aromatic carbocycles. The largest absolute Gasteiger partial charge is 0.340 e. The van der Waals surface area contributed by atoms with Crippen LogP contribution in [0.3, 0.4) is 0 Å². The molecule has 17 heavy (non-hydrogen) atoms. The fraction of sp³-hybridized carbons (Fsp3) is 0.692. The number of nitrogens with zero attached hydrogens (tertiary/aromatic N) is 3. The first-order valence-electron chi connectivity index (χ1n) is 6.29. The standard InChI is InChI=1S/C13H24N4/c1-10(2)8-17(9-11(3)4)13-15-6-5-12(7-14)16-13/h5-6,10-11H,7-9,14H2,1-4H3. The molecule has 0 spiro atoms. The van der Waals surface area contributed by atoms with Gasteiger partial charge in [-0.1, -0.05) is 27.7 Å². The molecule has 0 radical (unpaired) electrons. The van der Waals surface area contributed by atoms with E-state index in [1.807, 2.05) is 6.07 Å². The topological polar surface area (TPSA) is 55.0 Å². The van der Waals surface area contributed by atoms with Gasteiger partial charge in [0.2, 0.25) is 5.95 Å². The molecule has 0 fully saturated rings. The van der Waals surface area contributed by atoms with Gasteiger partial charge < -0.3 is 10.6 Å². The molecule has 96 valence electrons. The van der Waals surface area contributed by atoms with E-state index in [1.165, 1.54) is 0 Å². The molecule has 0 unspecified atom stereocenters.